The molecule has 0 fully saturated rings. The van der Waals surface area contributed by atoms with Crippen LogP contribution in [0.4, 0.5) is 10.1 Å². The van der Waals surface area contributed by atoms with Crippen molar-refractivity contribution >= 4 is 11.6 Å². The number of anilines is 1. The summed E-state index contributed by atoms with van der Waals surface area (Å²) in [6, 6.07) is 2.77. The first-order valence-corrected chi connectivity index (χ1v) is 5.58. The van der Waals surface area contributed by atoms with Crippen LogP contribution in [-0.4, -0.2) is 37.4 Å². The first-order chi connectivity index (χ1) is 8.56. The Hall–Kier alpha value is -1.66. The van der Waals surface area contributed by atoms with Crippen LogP contribution in [0, 0.1) is 12.7 Å². The minimum atomic E-state index is -0.571. The molecule has 0 saturated carbocycles. The number of amides is 1. The van der Waals surface area contributed by atoms with Crippen molar-refractivity contribution in [1.29, 1.82) is 0 Å². The largest absolute Gasteiger partial charge is 0.399 e. The Morgan fingerprint density at radius 1 is 1.50 bits per heavy atom. The molecule has 6 heteroatoms. The molecule has 0 atom stereocenters. The number of nitrogens with one attached hydrogen (secondary N) is 1. The Morgan fingerprint density at radius 3 is 2.89 bits per heavy atom. The van der Waals surface area contributed by atoms with Gasteiger partial charge in [-0.1, -0.05) is 0 Å². The minimum Gasteiger partial charge on any atom is -0.399 e. The van der Waals surface area contributed by atoms with Crippen molar-refractivity contribution in [2.24, 2.45) is 0 Å². The van der Waals surface area contributed by atoms with Crippen molar-refractivity contribution in [2.75, 3.05) is 32.1 Å². The molecule has 0 aliphatic carbocycles. The summed E-state index contributed by atoms with van der Waals surface area (Å²) in [6.45, 7) is 2.19. The van der Waals surface area contributed by atoms with Crippen LogP contribution in [0.5, 0.6) is 0 Å². The normalized spacial score (nSPS) is 10.4. The molecule has 1 amide bonds. The molecule has 0 bridgehead atoms. The summed E-state index contributed by atoms with van der Waals surface area (Å²) in [5, 5.41) is 11.0. The molecule has 0 aromatic heterocycles. The van der Waals surface area contributed by atoms with Gasteiger partial charge in [0.1, 0.15) is 5.82 Å². The van der Waals surface area contributed by atoms with E-state index >= 15 is 0 Å². The number of nitrogen functional groups attached to an aromatic ring is 1. The zero-order chi connectivity index (χ0) is 13.5. The lowest BCUT2D eigenvalue weighted by Crippen LogP contribution is -2.28. The Balaban J connectivity index is 2.56. The van der Waals surface area contributed by atoms with Crippen LogP contribution in [0.3, 0.4) is 0 Å². The van der Waals surface area contributed by atoms with Crippen molar-refractivity contribution in [3.63, 3.8) is 0 Å². The van der Waals surface area contributed by atoms with E-state index in [0.29, 0.717) is 11.3 Å². The number of rotatable bonds is 6. The van der Waals surface area contributed by atoms with Gasteiger partial charge in [0.25, 0.3) is 5.91 Å². The number of halogens is 1. The smallest absolute Gasteiger partial charge is 0.254 e. The van der Waals surface area contributed by atoms with Gasteiger partial charge in [-0.25, -0.2) is 4.39 Å². The van der Waals surface area contributed by atoms with E-state index in [1.165, 1.54) is 12.1 Å². The van der Waals surface area contributed by atoms with Crippen LogP contribution in [0.1, 0.15) is 15.9 Å². The van der Waals surface area contributed by atoms with Crippen molar-refractivity contribution in [3.8, 4) is 0 Å². The standard InChI is InChI=1S/C12H17FN2O3/c1-8-6-9(14)7-10(11(8)13)12(17)15-2-4-18-5-3-16/h6-7,16H,2-5,14H2,1H3,(H,15,17). The lowest BCUT2D eigenvalue weighted by Gasteiger charge is -2.08. The van der Waals surface area contributed by atoms with E-state index in [-0.39, 0.29) is 31.9 Å². The zero-order valence-corrected chi connectivity index (χ0v) is 10.2. The third-order valence-electron chi connectivity index (χ3n) is 2.29. The van der Waals surface area contributed by atoms with Crippen LogP contribution in [0.15, 0.2) is 12.1 Å². The van der Waals surface area contributed by atoms with Crippen LogP contribution in [-0.2, 0) is 4.74 Å². The van der Waals surface area contributed by atoms with Gasteiger partial charge in [0, 0.05) is 12.2 Å². The van der Waals surface area contributed by atoms with E-state index in [4.69, 9.17) is 15.6 Å². The van der Waals surface area contributed by atoms with Gasteiger partial charge in [-0.15, -0.1) is 0 Å². The fraction of sp³-hybridized carbons (Fsp3) is 0.417. The van der Waals surface area contributed by atoms with Crippen LogP contribution in [0.25, 0.3) is 0 Å². The molecule has 5 nitrogen and oxygen atoms in total. The summed E-state index contributed by atoms with van der Waals surface area (Å²) in [7, 11) is 0. The summed E-state index contributed by atoms with van der Waals surface area (Å²) in [5.74, 6) is -1.10. The maximum absolute atomic E-state index is 13.7. The number of carbonyl (C=O) groups excluding carboxylic acids is 1. The molecule has 1 aromatic carbocycles. The number of aryl methyl sites for hydroxylation is 1. The summed E-state index contributed by atoms with van der Waals surface area (Å²) in [5.41, 5.74) is 6.16. The van der Waals surface area contributed by atoms with Gasteiger partial charge in [-0.3, -0.25) is 4.79 Å². The number of aliphatic hydroxyl groups excluding tert-OH is 1. The number of nitrogens with two attached hydrogens (primary N) is 1. The second-order valence-corrected chi connectivity index (χ2v) is 3.79. The predicted octanol–water partition coefficient (Wildman–Crippen LogP) is 0.455. The highest BCUT2D eigenvalue weighted by Crippen LogP contribution is 2.16. The van der Waals surface area contributed by atoms with E-state index in [1.54, 1.807) is 6.92 Å². The second-order valence-electron chi connectivity index (χ2n) is 3.79. The van der Waals surface area contributed by atoms with Gasteiger partial charge in [-0.2, -0.15) is 0 Å². The highest BCUT2D eigenvalue weighted by Gasteiger charge is 2.14. The highest BCUT2D eigenvalue weighted by atomic mass is 19.1. The molecule has 0 aliphatic rings. The van der Waals surface area contributed by atoms with Gasteiger partial charge in [0.05, 0.1) is 25.4 Å². The molecule has 0 heterocycles. The lowest BCUT2D eigenvalue weighted by atomic mass is 10.1. The highest BCUT2D eigenvalue weighted by molar-refractivity contribution is 5.95. The van der Waals surface area contributed by atoms with Crippen molar-refractivity contribution in [1.82, 2.24) is 5.32 Å². The van der Waals surface area contributed by atoms with Crippen molar-refractivity contribution < 1.29 is 19.0 Å². The molecule has 100 valence electrons. The molecule has 1 rings (SSSR count). The fourth-order valence-corrected chi connectivity index (χ4v) is 1.46. The van der Waals surface area contributed by atoms with E-state index < -0.39 is 11.7 Å². The molecule has 0 spiro atoms. The second kappa shape index (κ2) is 6.93. The Morgan fingerprint density at radius 2 is 2.22 bits per heavy atom. The molecule has 0 radical (unpaired) electrons. The number of aliphatic hydroxyl groups is 1. The molecule has 1 aromatic rings. The van der Waals surface area contributed by atoms with Crippen LogP contribution < -0.4 is 11.1 Å². The molecule has 4 N–H and O–H groups in total. The summed E-state index contributed by atoms with van der Waals surface area (Å²) in [4.78, 5) is 11.7. The van der Waals surface area contributed by atoms with Gasteiger partial charge in [-0.05, 0) is 24.6 Å². The molecule has 0 aliphatic heterocycles. The maximum atomic E-state index is 13.7. The van der Waals surface area contributed by atoms with Crippen LogP contribution in [0.2, 0.25) is 0 Å². The molecule has 18 heavy (non-hydrogen) atoms. The summed E-state index contributed by atoms with van der Waals surface area (Å²) >= 11 is 0. The number of hydrogen-bond acceptors (Lipinski definition) is 4. The number of carbonyl (C=O) groups is 1. The first-order valence-electron chi connectivity index (χ1n) is 5.58. The van der Waals surface area contributed by atoms with Crippen molar-refractivity contribution in [2.45, 2.75) is 6.92 Å². The maximum Gasteiger partial charge on any atom is 0.254 e. The van der Waals surface area contributed by atoms with Gasteiger partial charge in [0.15, 0.2) is 0 Å². The van der Waals surface area contributed by atoms with Gasteiger partial charge < -0.3 is 20.9 Å². The van der Waals surface area contributed by atoms with E-state index in [1.807, 2.05) is 0 Å². The molecule has 0 saturated heterocycles. The van der Waals surface area contributed by atoms with E-state index in [9.17, 15) is 9.18 Å². The van der Waals surface area contributed by atoms with Gasteiger partial charge >= 0.3 is 0 Å². The fourth-order valence-electron chi connectivity index (χ4n) is 1.46. The SMILES string of the molecule is Cc1cc(N)cc(C(=O)NCCOCCO)c1F. The number of hydrogen-bond donors (Lipinski definition) is 3. The third-order valence-corrected chi connectivity index (χ3v) is 2.29. The quantitative estimate of drug-likeness (QED) is 0.510. The minimum absolute atomic E-state index is 0.0724. The molecular formula is C12H17FN2O3. The molecule has 0 unspecified atom stereocenters. The Bertz CT molecular complexity index is 424. The average molecular weight is 256 g/mol. The number of ether oxygens (including phenoxy) is 1. The summed E-state index contributed by atoms with van der Waals surface area (Å²) < 4.78 is 18.6. The third kappa shape index (κ3) is 3.97. The monoisotopic (exact) mass is 256 g/mol. The van der Waals surface area contributed by atoms with Gasteiger partial charge in [0.2, 0.25) is 0 Å². The summed E-state index contributed by atoms with van der Waals surface area (Å²) in [6.07, 6.45) is 0. The predicted molar refractivity (Wildman–Crippen MR) is 65.8 cm³/mol. The Kier molecular flexibility index (Phi) is 5.54. The van der Waals surface area contributed by atoms with Crippen molar-refractivity contribution in [3.05, 3.63) is 29.1 Å². The zero-order valence-electron chi connectivity index (χ0n) is 10.2. The Labute approximate surface area is 105 Å². The number of benzene rings is 1. The van der Waals surface area contributed by atoms with E-state index in [2.05, 4.69) is 5.32 Å². The average Bonchev–Trinajstić information content (AvgIpc) is 2.33. The lowest BCUT2D eigenvalue weighted by molar-refractivity contribution is 0.0835. The topological polar surface area (TPSA) is 84.6 Å². The van der Waals surface area contributed by atoms with Crippen LogP contribution >= 0.6 is 0 Å². The first kappa shape index (κ1) is 14.4. The molecular weight excluding hydrogens is 239 g/mol. The van der Waals surface area contributed by atoms with E-state index in [0.717, 1.165) is 0 Å².